The van der Waals surface area contributed by atoms with Gasteiger partial charge in [-0.25, -0.2) is 4.79 Å². The first kappa shape index (κ1) is 26.8. The fourth-order valence-electron chi connectivity index (χ4n) is 4.16. The van der Waals surface area contributed by atoms with Gasteiger partial charge in [-0.05, 0) is 48.4 Å². The summed E-state index contributed by atoms with van der Waals surface area (Å²) in [7, 11) is 2.87. The quantitative estimate of drug-likeness (QED) is 0.413. The lowest BCUT2D eigenvalue weighted by molar-refractivity contribution is -0.196. The summed E-state index contributed by atoms with van der Waals surface area (Å²) in [4.78, 5) is 52.8. The smallest absolute Gasteiger partial charge is 0.425 e. The monoisotopic (exact) mass is 552 g/mol. The van der Waals surface area contributed by atoms with E-state index < -0.39 is 46.2 Å². The summed E-state index contributed by atoms with van der Waals surface area (Å²) in [6.07, 6.45) is -5.35. The van der Waals surface area contributed by atoms with E-state index in [1.807, 2.05) is 10.3 Å². The van der Waals surface area contributed by atoms with Crippen LogP contribution in [-0.2, 0) is 23.3 Å². The number of alkyl halides is 3. The minimum atomic E-state index is -5.46. The van der Waals surface area contributed by atoms with E-state index in [-0.39, 0.29) is 23.6 Å². The van der Waals surface area contributed by atoms with Crippen LogP contribution in [0.3, 0.4) is 0 Å². The molecule has 2 aromatic carbocycles. The number of amides is 2. The predicted octanol–water partition coefficient (Wildman–Crippen LogP) is 2.59. The van der Waals surface area contributed by atoms with Crippen molar-refractivity contribution in [1.29, 1.82) is 0 Å². The Kier molecular flexibility index (Phi) is 6.98. The summed E-state index contributed by atoms with van der Waals surface area (Å²) in [5.41, 5.74) is -7.04. The number of ether oxygens (including phenoxy) is 2. The van der Waals surface area contributed by atoms with Crippen molar-refractivity contribution >= 4 is 29.2 Å². The minimum Gasteiger partial charge on any atom is -0.493 e. The molecule has 0 aliphatic carbocycles. The predicted molar refractivity (Wildman–Crippen MR) is 130 cm³/mol. The van der Waals surface area contributed by atoms with E-state index >= 15 is 0 Å². The molecule has 0 unspecified atom stereocenters. The molecule has 0 fully saturated rings. The van der Waals surface area contributed by atoms with Crippen molar-refractivity contribution in [3.8, 4) is 11.5 Å². The van der Waals surface area contributed by atoms with Crippen molar-refractivity contribution in [2.45, 2.75) is 24.7 Å². The van der Waals surface area contributed by atoms with Gasteiger partial charge in [0.15, 0.2) is 11.5 Å². The molecule has 3 N–H and O–H groups in total. The standard InChI is InChI=1S/C24H20ClF3N4O6/c1-37-15-8-3-12(11-16(15)38-2)9-10-32-18-17(20(34)30-22(32)36)23(21(35)29-18,24(26,27)28)31-19(33)13-4-6-14(25)7-5-13/h3-8,11H,9-10H2,1-2H3,(H,29,35)(H,31,33)(H,30,34,36)/t23-/m1/s1. The number of hydrogen-bond donors (Lipinski definition) is 3. The number of carbonyl (C=O) groups is 2. The molecule has 4 rings (SSSR count). The second-order valence-corrected chi connectivity index (χ2v) is 8.67. The second-order valence-electron chi connectivity index (χ2n) is 8.24. The van der Waals surface area contributed by atoms with Crippen LogP contribution in [0, 0.1) is 0 Å². The molecule has 10 nitrogen and oxygen atoms in total. The third-order valence-electron chi connectivity index (χ3n) is 6.05. The van der Waals surface area contributed by atoms with Crippen molar-refractivity contribution in [1.82, 2.24) is 14.9 Å². The summed E-state index contributed by atoms with van der Waals surface area (Å²) < 4.78 is 54.8. The molecule has 0 bridgehead atoms. The number of aromatic nitrogens is 2. The van der Waals surface area contributed by atoms with Crippen LogP contribution in [0.15, 0.2) is 52.1 Å². The van der Waals surface area contributed by atoms with Gasteiger partial charge < -0.3 is 20.1 Å². The lowest BCUT2D eigenvalue weighted by atomic mass is 9.91. The minimum absolute atomic E-state index is 0.102. The van der Waals surface area contributed by atoms with E-state index in [0.717, 1.165) is 16.7 Å². The number of anilines is 1. The number of aryl methyl sites for hydroxylation is 1. The highest BCUT2D eigenvalue weighted by Crippen LogP contribution is 2.45. The summed E-state index contributed by atoms with van der Waals surface area (Å²) in [5.74, 6) is -2.86. The molecule has 0 radical (unpaired) electrons. The van der Waals surface area contributed by atoms with Crippen molar-refractivity contribution in [2.75, 3.05) is 19.5 Å². The Morgan fingerprint density at radius 1 is 1.05 bits per heavy atom. The Morgan fingerprint density at radius 2 is 1.71 bits per heavy atom. The topological polar surface area (TPSA) is 132 Å². The third kappa shape index (κ3) is 4.49. The number of fused-ring (bicyclic) bond motifs is 1. The molecule has 1 aliphatic rings. The fraction of sp³-hybridized carbons (Fsp3) is 0.250. The zero-order valence-corrected chi connectivity index (χ0v) is 20.6. The van der Waals surface area contributed by atoms with Gasteiger partial charge in [0.2, 0.25) is 0 Å². The Balaban J connectivity index is 1.78. The number of aromatic amines is 1. The molecule has 200 valence electrons. The van der Waals surface area contributed by atoms with Crippen LogP contribution >= 0.6 is 11.6 Å². The molecule has 2 amide bonds. The van der Waals surface area contributed by atoms with Gasteiger partial charge in [0.25, 0.3) is 22.9 Å². The highest BCUT2D eigenvalue weighted by molar-refractivity contribution is 6.30. The van der Waals surface area contributed by atoms with Crippen molar-refractivity contribution in [3.05, 3.63) is 85.0 Å². The third-order valence-corrected chi connectivity index (χ3v) is 6.30. The average Bonchev–Trinajstić information content (AvgIpc) is 3.17. The van der Waals surface area contributed by atoms with E-state index in [0.29, 0.717) is 17.1 Å². The number of nitrogens with one attached hydrogen (secondary N) is 3. The van der Waals surface area contributed by atoms with Crippen LogP contribution in [0.4, 0.5) is 19.0 Å². The molecule has 3 aromatic rings. The molecular weight excluding hydrogens is 533 g/mol. The van der Waals surface area contributed by atoms with Gasteiger partial charge in [-0.1, -0.05) is 17.7 Å². The Morgan fingerprint density at radius 3 is 2.32 bits per heavy atom. The van der Waals surface area contributed by atoms with Crippen LogP contribution < -0.4 is 31.4 Å². The van der Waals surface area contributed by atoms with Gasteiger partial charge in [0, 0.05) is 17.1 Å². The molecular formula is C24H20ClF3N4O6. The molecule has 2 heterocycles. The Labute approximate surface area is 217 Å². The van der Waals surface area contributed by atoms with Crippen LogP contribution in [0.5, 0.6) is 11.5 Å². The van der Waals surface area contributed by atoms with E-state index in [1.54, 1.807) is 23.5 Å². The normalized spacial score (nSPS) is 16.5. The van der Waals surface area contributed by atoms with E-state index in [2.05, 4.69) is 0 Å². The SMILES string of the molecule is COc1ccc(CCn2c3c(c(=O)[nH]c2=O)[C@](NC(=O)c2ccc(Cl)cc2)(C(F)(F)F)C(=O)N3)cc1OC. The molecule has 0 saturated heterocycles. The first-order valence-electron chi connectivity index (χ1n) is 11.0. The number of carbonyl (C=O) groups excluding carboxylic acids is 2. The van der Waals surface area contributed by atoms with E-state index in [4.69, 9.17) is 21.1 Å². The molecule has 0 saturated carbocycles. The molecule has 1 aliphatic heterocycles. The molecule has 38 heavy (non-hydrogen) atoms. The number of H-pyrrole nitrogens is 1. The Hall–Kier alpha value is -4.26. The van der Waals surface area contributed by atoms with Crippen molar-refractivity contribution < 1.29 is 32.2 Å². The van der Waals surface area contributed by atoms with Crippen LogP contribution in [0.1, 0.15) is 21.5 Å². The van der Waals surface area contributed by atoms with Gasteiger partial charge in [-0.15, -0.1) is 0 Å². The maximum atomic E-state index is 14.5. The fourth-order valence-corrected chi connectivity index (χ4v) is 4.28. The van der Waals surface area contributed by atoms with Gasteiger partial charge >= 0.3 is 11.9 Å². The molecule has 1 aromatic heterocycles. The number of hydrogen-bond acceptors (Lipinski definition) is 6. The first-order valence-corrected chi connectivity index (χ1v) is 11.4. The van der Waals surface area contributed by atoms with Crippen LogP contribution in [0.2, 0.25) is 5.02 Å². The summed E-state index contributed by atoms with van der Waals surface area (Å²) in [6, 6.07) is 9.74. The highest BCUT2D eigenvalue weighted by Gasteiger charge is 2.68. The second kappa shape index (κ2) is 9.89. The maximum absolute atomic E-state index is 14.5. The average molecular weight is 553 g/mol. The number of rotatable bonds is 7. The first-order chi connectivity index (χ1) is 17.9. The molecule has 1 atom stereocenters. The van der Waals surface area contributed by atoms with Gasteiger partial charge in [-0.3, -0.25) is 23.9 Å². The van der Waals surface area contributed by atoms with Crippen LogP contribution in [0.25, 0.3) is 0 Å². The van der Waals surface area contributed by atoms with Gasteiger partial charge in [0.1, 0.15) is 11.4 Å². The van der Waals surface area contributed by atoms with Crippen molar-refractivity contribution in [3.63, 3.8) is 0 Å². The van der Waals surface area contributed by atoms with Gasteiger partial charge in [-0.2, -0.15) is 13.2 Å². The lowest BCUT2D eigenvalue weighted by Crippen LogP contribution is -2.62. The zero-order chi connectivity index (χ0) is 27.8. The van der Waals surface area contributed by atoms with E-state index in [9.17, 15) is 32.3 Å². The number of benzene rings is 2. The number of methoxy groups -OCH3 is 2. The highest BCUT2D eigenvalue weighted by atomic mass is 35.5. The summed E-state index contributed by atoms with van der Waals surface area (Å²) >= 11 is 5.77. The van der Waals surface area contributed by atoms with E-state index in [1.165, 1.54) is 26.4 Å². The summed E-state index contributed by atoms with van der Waals surface area (Å²) in [6.45, 7) is -0.229. The lowest BCUT2D eigenvalue weighted by Gasteiger charge is -2.30. The largest absolute Gasteiger partial charge is 0.493 e. The number of halogens is 4. The van der Waals surface area contributed by atoms with Gasteiger partial charge in [0.05, 0.1) is 14.2 Å². The Bertz CT molecular complexity index is 1530. The zero-order valence-electron chi connectivity index (χ0n) is 19.9. The van der Waals surface area contributed by atoms with Crippen molar-refractivity contribution in [2.24, 2.45) is 0 Å². The molecule has 0 spiro atoms. The molecule has 14 heteroatoms. The van der Waals surface area contributed by atoms with Crippen LogP contribution in [-0.4, -0.2) is 41.8 Å². The number of nitrogens with zero attached hydrogens (tertiary/aromatic N) is 1. The maximum Gasteiger partial charge on any atom is 0.425 e. The summed E-state index contributed by atoms with van der Waals surface area (Å²) in [5, 5.41) is 3.90.